The fraction of sp³-hybridized carbons (Fsp3) is 0.875. The molecule has 0 unspecified atom stereocenters. The quantitative estimate of drug-likeness (QED) is 0.586. The van der Waals surface area contributed by atoms with Crippen LogP contribution in [0.4, 0.5) is 0 Å². The number of fused-ring (bicyclic) bond motifs is 5. The van der Waals surface area contributed by atoms with Gasteiger partial charge in [-0.1, -0.05) is 45.3 Å². The average molecular weight is 359 g/mol. The molecule has 0 saturated heterocycles. The Hall–Kier alpha value is -0.790. The van der Waals surface area contributed by atoms with E-state index in [0.717, 1.165) is 24.2 Å². The maximum atomic E-state index is 11.0. The van der Waals surface area contributed by atoms with Gasteiger partial charge in [0.05, 0.1) is 0 Å². The Morgan fingerprint density at radius 1 is 1.19 bits per heavy atom. The second-order valence-corrected chi connectivity index (χ2v) is 10.6. The molecule has 1 N–H and O–H groups in total. The van der Waals surface area contributed by atoms with Crippen LogP contribution >= 0.6 is 0 Å². The van der Waals surface area contributed by atoms with E-state index < -0.39 is 5.97 Å². The number of hydrogen-bond donors (Lipinski definition) is 1. The number of carboxylic acid groups (broad SMARTS) is 1. The number of carbonyl (C=O) groups is 1. The van der Waals surface area contributed by atoms with E-state index in [0.29, 0.717) is 29.1 Å². The Morgan fingerprint density at radius 2 is 2.00 bits per heavy atom. The first-order chi connectivity index (χ1) is 12.4. The summed E-state index contributed by atoms with van der Waals surface area (Å²) in [6, 6.07) is 0. The van der Waals surface area contributed by atoms with Crippen molar-refractivity contribution in [2.75, 3.05) is 0 Å². The molecule has 2 heteroatoms. The molecule has 0 radical (unpaired) electrons. The molecule has 26 heavy (non-hydrogen) atoms. The fourth-order valence-electron chi connectivity index (χ4n) is 8.07. The summed E-state index contributed by atoms with van der Waals surface area (Å²) in [4.78, 5) is 11.0. The molecule has 2 nitrogen and oxygen atoms in total. The molecule has 146 valence electrons. The van der Waals surface area contributed by atoms with Crippen LogP contribution in [0.1, 0.15) is 91.4 Å². The van der Waals surface area contributed by atoms with Gasteiger partial charge in [-0.05, 0) is 91.8 Å². The van der Waals surface area contributed by atoms with Crippen molar-refractivity contribution < 1.29 is 9.90 Å². The van der Waals surface area contributed by atoms with Crippen molar-refractivity contribution >= 4 is 5.97 Å². The zero-order chi connectivity index (χ0) is 18.5. The van der Waals surface area contributed by atoms with Gasteiger partial charge < -0.3 is 5.11 Å². The SMILES string of the molecule is C[C@H](CCC(=O)O)[C@H]1CC=C2[C@@H]3CC[C@@H]4CCCC[C@]4(C)[C@H]3CC[C@@]21C. The van der Waals surface area contributed by atoms with E-state index in [2.05, 4.69) is 26.8 Å². The Balaban J connectivity index is 1.53. The molecule has 4 rings (SSSR count). The fourth-order valence-corrected chi connectivity index (χ4v) is 8.07. The van der Waals surface area contributed by atoms with Crippen molar-refractivity contribution in [2.24, 2.45) is 40.4 Å². The molecule has 4 aliphatic rings. The van der Waals surface area contributed by atoms with E-state index in [1.165, 1.54) is 57.8 Å². The van der Waals surface area contributed by atoms with Gasteiger partial charge in [-0.25, -0.2) is 0 Å². The lowest BCUT2D eigenvalue weighted by Crippen LogP contribution is -2.50. The number of rotatable bonds is 4. The van der Waals surface area contributed by atoms with Crippen LogP contribution in [0.2, 0.25) is 0 Å². The van der Waals surface area contributed by atoms with Gasteiger partial charge in [0, 0.05) is 6.42 Å². The second-order valence-electron chi connectivity index (χ2n) is 10.6. The Bertz CT molecular complexity index is 593. The first kappa shape index (κ1) is 18.6. The van der Waals surface area contributed by atoms with Crippen LogP contribution in [0.25, 0.3) is 0 Å². The normalized spacial score (nSPS) is 45.9. The first-order valence-corrected chi connectivity index (χ1v) is 11.3. The summed E-state index contributed by atoms with van der Waals surface area (Å²) in [7, 11) is 0. The smallest absolute Gasteiger partial charge is 0.303 e. The standard InChI is InChI=1S/C24H38O2/c1-16(7-12-22(25)26)19-10-11-20-18-9-8-17-6-4-5-14-23(17,2)21(18)13-15-24(19,20)3/h11,16-19,21H,4-10,12-15H2,1-3H3,(H,25,26)/t16-,17+,18+,19-,21+,23+,24-/m1/s1. The summed E-state index contributed by atoms with van der Waals surface area (Å²) in [6.45, 7) is 7.47. The van der Waals surface area contributed by atoms with Crippen molar-refractivity contribution in [2.45, 2.75) is 91.4 Å². The van der Waals surface area contributed by atoms with Gasteiger partial charge in [-0.15, -0.1) is 0 Å². The van der Waals surface area contributed by atoms with Gasteiger partial charge in [0.2, 0.25) is 0 Å². The van der Waals surface area contributed by atoms with Crippen LogP contribution in [-0.4, -0.2) is 11.1 Å². The zero-order valence-corrected chi connectivity index (χ0v) is 17.1. The van der Waals surface area contributed by atoms with Crippen LogP contribution < -0.4 is 0 Å². The van der Waals surface area contributed by atoms with Crippen molar-refractivity contribution in [3.05, 3.63) is 11.6 Å². The highest BCUT2D eigenvalue weighted by Crippen LogP contribution is 2.66. The Morgan fingerprint density at radius 3 is 2.77 bits per heavy atom. The molecule has 0 heterocycles. The summed E-state index contributed by atoms with van der Waals surface area (Å²) in [5.74, 6) is 3.26. The van der Waals surface area contributed by atoms with Crippen LogP contribution in [0.3, 0.4) is 0 Å². The molecule has 7 atom stereocenters. The lowest BCUT2D eigenvalue weighted by atomic mass is 9.46. The van der Waals surface area contributed by atoms with Crippen LogP contribution in [0, 0.1) is 40.4 Å². The summed E-state index contributed by atoms with van der Waals surface area (Å²) in [5.41, 5.74) is 2.74. The molecule has 0 aliphatic heterocycles. The molecule has 4 aliphatic carbocycles. The third-order valence-corrected chi connectivity index (χ3v) is 9.55. The minimum Gasteiger partial charge on any atom is -0.481 e. The van der Waals surface area contributed by atoms with E-state index in [-0.39, 0.29) is 0 Å². The van der Waals surface area contributed by atoms with E-state index in [4.69, 9.17) is 5.11 Å². The molecule has 0 bridgehead atoms. The predicted molar refractivity (Wildman–Crippen MR) is 106 cm³/mol. The van der Waals surface area contributed by atoms with Crippen molar-refractivity contribution in [1.29, 1.82) is 0 Å². The Kier molecular flexibility index (Phi) is 4.77. The summed E-state index contributed by atoms with van der Waals surface area (Å²) in [5, 5.41) is 9.08. The van der Waals surface area contributed by atoms with Crippen molar-refractivity contribution in [1.82, 2.24) is 0 Å². The summed E-state index contributed by atoms with van der Waals surface area (Å²) >= 11 is 0. The Labute approximate surface area is 159 Å². The van der Waals surface area contributed by atoms with Crippen molar-refractivity contribution in [3.8, 4) is 0 Å². The minimum absolute atomic E-state index is 0.328. The first-order valence-electron chi connectivity index (χ1n) is 11.3. The predicted octanol–water partition coefficient (Wildman–Crippen LogP) is 6.46. The molecule has 0 spiro atoms. The third-order valence-electron chi connectivity index (χ3n) is 9.55. The van der Waals surface area contributed by atoms with Crippen LogP contribution in [-0.2, 0) is 4.79 Å². The summed E-state index contributed by atoms with van der Waals surface area (Å²) < 4.78 is 0. The zero-order valence-electron chi connectivity index (χ0n) is 17.1. The molecule has 0 aromatic carbocycles. The molecule has 0 aromatic heterocycles. The van der Waals surface area contributed by atoms with E-state index >= 15 is 0 Å². The lowest BCUT2D eigenvalue weighted by molar-refractivity contribution is -0.137. The topological polar surface area (TPSA) is 37.3 Å². The molecule has 3 fully saturated rings. The number of allylic oxidation sites excluding steroid dienone is 2. The maximum absolute atomic E-state index is 11.0. The largest absolute Gasteiger partial charge is 0.481 e. The number of aliphatic carboxylic acids is 1. The maximum Gasteiger partial charge on any atom is 0.303 e. The number of hydrogen-bond acceptors (Lipinski definition) is 1. The highest BCUT2D eigenvalue weighted by molar-refractivity contribution is 5.66. The molecule has 0 amide bonds. The molecule has 0 aromatic rings. The van der Waals surface area contributed by atoms with Gasteiger partial charge in [0.15, 0.2) is 0 Å². The second kappa shape index (κ2) is 6.67. The van der Waals surface area contributed by atoms with Crippen molar-refractivity contribution in [3.63, 3.8) is 0 Å². The third kappa shape index (κ3) is 2.78. The summed E-state index contributed by atoms with van der Waals surface area (Å²) in [6.07, 6.45) is 16.4. The van der Waals surface area contributed by atoms with E-state index in [1.807, 2.05) is 0 Å². The van der Waals surface area contributed by atoms with E-state index in [1.54, 1.807) is 5.57 Å². The highest BCUT2D eigenvalue weighted by Gasteiger charge is 2.57. The van der Waals surface area contributed by atoms with Gasteiger partial charge in [-0.2, -0.15) is 0 Å². The molecular formula is C24H38O2. The van der Waals surface area contributed by atoms with E-state index in [9.17, 15) is 4.79 Å². The van der Waals surface area contributed by atoms with Gasteiger partial charge in [0.1, 0.15) is 0 Å². The van der Waals surface area contributed by atoms with Crippen LogP contribution in [0.15, 0.2) is 11.6 Å². The minimum atomic E-state index is -0.638. The highest BCUT2D eigenvalue weighted by atomic mass is 16.4. The monoisotopic (exact) mass is 358 g/mol. The molecular weight excluding hydrogens is 320 g/mol. The van der Waals surface area contributed by atoms with Crippen LogP contribution in [0.5, 0.6) is 0 Å². The van der Waals surface area contributed by atoms with Gasteiger partial charge in [0.25, 0.3) is 0 Å². The number of carboxylic acids is 1. The lowest BCUT2D eigenvalue weighted by Gasteiger charge is -2.59. The molecule has 3 saturated carbocycles. The van der Waals surface area contributed by atoms with Gasteiger partial charge in [-0.3, -0.25) is 4.79 Å². The average Bonchev–Trinajstić information content (AvgIpc) is 2.96. The van der Waals surface area contributed by atoms with Gasteiger partial charge >= 0.3 is 5.97 Å².